The van der Waals surface area contributed by atoms with E-state index in [1.807, 2.05) is 29.0 Å². The molecule has 0 radical (unpaired) electrons. The number of aromatic carboxylic acids is 1. The molecule has 1 aromatic carbocycles. The van der Waals surface area contributed by atoms with Crippen molar-refractivity contribution in [2.75, 3.05) is 0 Å². The number of carboxylic acids is 1. The van der Waals surface area contributed by atoms with E-state index in [1.165, 1.54) is 0 Å². The van der Waals surface area contributed by atoms with Crippen molar-refractivity contribution in [3.05, 3.63) is 65.1 Å². The Kier molecular flexibility index (Phi) is 3.16. The van der Waals surface area contributed by atoms with Crippen LogP contribution in [0, 0.1) is 0 Å². The predicted octanol–water partition coefficient (Wildman–Crippen LogP) is 3.44. The van der Waals surface area contributed by atoms with Gasteiger partial charge in [-0.05, 0) is 23.8 Å². The maximum absolute atomic E-state index is 11.3. The fraction of sp³-hybridized carbons (Fsp3) is 0.0667. The standard InChI is InChI=1S/C15H11ClN2O2/c16-13-5-4-10(8-17-13)9-18-7-6-11-2-1-3-12(14(11)18)15(19)20/h1-8H,9H2,(H,19,20). The molecule has 0 amide bonds. The van der Waals surface area contributed by atoms with E-state index < -0.39 is 5.97 Å². The Labute approximate surface area is 120 Å². The van der Waals surface area contributed by atoms with Crippen molar-refractivity contribution in [2.24, 2.45) is 0 Å². The fourth-order valence-electron chi connectivity index (χ4n) is 2.26. The fourth-order valence-corrected chi connectivity index (χ4v) is 2.37. The molecule has 2 heterocycles. The van der Waals surface area contributed by atoms with Crippen LogP contribution in [0.2, 0.25) is 5.15 Å². The number of carbonyl (C=O) groups is 1. The van der Waals surface area contributed by atoms with Crippen molar-refractivity contribution in [3.8, 4) is 0 Å². The second-order valence-corrected chi connectivity index (χ2v) is 4.87. The largest absolute Gasteiger partial charge is 0.478 e. The normalized spacial score (nSPS) is 10.8. The Morgan fingerprint density at radius 1 is 1.25 bits per heavy atom. The molecule has 5 heteroatoms. The molecule has 0 aliphatic heterocycles. The zero-order chi connectivity index (χ0) is 14.1. The van der Waals surface area contributed by atoms with Crippen LogP contribution in [0.25, 0.3) is 10.9 Å². The number of rotatable bonds is 3. The molecule has 1 N–H and O–H groups in total. The van der Waals surface area contributed by atoms with Gasteiger partial charge < -0.3 is 9.67 Å². The number of fused-ring (bicyclic) bond motifs is 1. The van der Waals surface area contributed by atoms with Crippen molar-refractivity contribution in [2.45, 2.75) is 6.54 Å². The Bertz CT molecular complexity index is 778. The second-order valence-electron chi connectivity index (χ2n) is 4.48. The monoisotopic (exact) mass is 286 g/mol. The molecular weight excluding hydrogens is 276 g/mol. The highest BCUT2D eigenvalue weighted by Crippen LogP contribution is 2.21. The number of hydrogen-bond donors (Lipinski definition) is 1. The van der Waals surface area contributed by atoms with Crippen LogP contribution in [0.1, 0.15) is 15.9 Å². The minimum atomic E-state index is -0.926. The van der Waals surface area contributed by atoms with E-state index in [-0.39, 0.29) is 0 Å². The van der Waals surface area contributed by atoms with Crippen LogP contribution in [-0.2, 0) is 6.54 Å². The number of benzene rings is 1. The summed E-state index contributed by atoms with van der Waals surface area (Å²) in [7, 11) is 0. The van der Waals surface area contributed by atoms with Gasteiger partial charge in [0.2, 0.25) is 0 Å². The third-order valence-corrected chi connectivity index (χ3v) is 3.38. The third-order valence-electron chi connectivity index (χ3n) is 3.16. The number of halogens is 1. The molecular formula is C15H11ClN2O2. The lowest BCUT2D eigenvalue weighted by molar-refractivity contribution is 0.0698. The highest BCUT2D eigenvalue weighted by molar-refractivity contribution is 6.29. The molecule has 0 aliphatic carbocycles. The van der Waals surface area contributed by atoms with Gasteiger partial charge in [0.1, 0.15) is 5.15 Å². The Hall–Kier alpha value is -2.33. The lowest BCUT2D eigenvalue weighted by Crippen LogP contribution is -2.04. The van der Waals surface area contributed by atoms with Gasteiger partial charge in [-0.3, -0.25) is 0 Å². The molecule has 0 bridgehead atoms. The Morgan fingerprint density at radius 3 is 2.80 bits per heavy atom. The van der Waals surface area contributed by atoms with E-state index in [4.69, 9.17) is 11.6 Å². The first-order valence-electron chi connectivity index (χ1n) is 6.07. The molecule has 0 saturated heterocycles. The summed E-state index contributed by atoms with van der Waals surface area (Å²) < 4.78 is 1.91. The smallest absolute Gasteiger partial charge is 0.337 e. The zero-order valence-electron chi connectivity index (χ0n) is 10.5. The number of nitrogens with zero attached hydrogens (tertiary/aromatic N) is 2. The summed E-state index contributed by atoms with van der Waals surface area (Å²) in [5.74, 6) is -0.926. The molecule has 0 fully saturated rings. The van der Waals surface area contributed by atoms with Crippen LogP contribution in [0.4, 0.5) is 0 Å². The van der Waals surface area contributed by atoms with Crippen LogP contribution in [-0.4, -0.2) is 20.6 Å². The summed E-state index contributed by atoms with van der Waals surface area (Å²) in [6, 6.07) is 10.8. The molecule has 0 atom stereocenters. The lowest BCUT2D eigenvalue weighted by atomic mass is 10.1. The SMILES string of the molecule is O=C(O)c1cccc2ccn(Cc3ccc(Cl)nc3)c12. The number of pyridine rings is 1. The summed E-state index contributed by atoms with van der Waals surface area (Å²) in [5, 5.41) is 10.6. The van der Waals surface area contributed by atoms with E-state index in [1.54, 1.807) is 24.4 Å². The first-order chi connectivity index (χ1) is 9.65. The molecule has 20 heavy (non-hydrogen) atoms. The van der Waals surface area contributed by atoms with E-state index in [2.05, 4.69) is 4.98 Å². The molecule has 4 nitrogen and oxygen atoms in total. The molecule has 3 rings (SSSR count). The van der Waals surface area contributed by atoms with Crippen molar-refractivity contribution in [1.29, 1.82) is 0 Å². The minimum Gasteiger partial charge on any atom is -0.478 e. The summed E-state index contributed by atoms with van der Waals surface area (Å²) in [4.78, 5) is 15.4. The van der Waals surface area contributed by atoms with E-state index in [0.29, 0.717) is 17.3 Å². The van der Waals surface area contributed by atoms with Crippen molar-refractivity contribution < 1.29 is 9.90 Å². The minimum absolute atomic E-state index is 0.300. The maximum Gasteiger partial charge on any atom is 0.337 e. The number of aromatic nitrogens is 2. The van der Waals surface area contributed by atoms with Gasteiger partial charge in [-0.25, -0.2) is 9.78 Å². The van der Waals surface area contributed by atoms with E-state index in [9.17, 15) is 9.90 Å². The quantitative estimate of drug-likeness (QED) is 0.751. The summed E-state index contributed by atoms with van der Waals surface area (Å²) >= 11 is 5.76. The van der Waals surface area contributed by atoms with Gasteiger partial charge in [-0.2, -0.15) is 0 Å². The third kappa shape index (κ3) is 2.26. The van der Waals surface area contributed by atoms with Crippen molar-refractivity contribution in [3.63, 3.8) is 0 Å². The van der Waals surface area contributed by atoms with Gasteiger partial charge >= 0.3 is 5.97 Å². The van der Waals surface area contributed by atoms with Gasteiger partial charge in [0.15, 0.2) is 0 Å². The Morgan fingerprint density at radius 2 is 2.10 bits per heavy atom. The van der Waals surface area contributed by atoms with Crippen LogP contribution < -0.4 is 0 Å². The summed E-state index contributed by atoms with van der Waals surface area (Å²) in [5.41, 5.74) is 1.98. The molecule has 0 aliphatic rings. The van der Waals surface area contributed by atoms with Crippen molar-refractivity contribution in [1.82, 2.24) is 9.55 Å². The van der Waals surface area contributed by atoms with Crippen molar-refractivity contribution >= 4 is 28.5 Å². The number of para-hydroxylation sites is 1. The van der Waals surface area contributed by atoms with Crippen LogP contribution >= 0.6 is 11.6 Å². The summed E-state index contributed by atoms with van der Waals surface area (Å²) in [6.07, 6.45) is 3.57. The molecule has 0 spiro atoms. The van der Waals surface area contributed by atoms with E-state index >= 15 is 0 Å². The number of hydrogen-bond acceptors (Lipinski definition) is 2. The number of carboxylic acid groups (broad SMARTS) is 1. The zero-order valence-corrected chi connectivity index (χ0v) is 11.2. The topological polar surface area (TPSA) is 55.1 Å². The van der Waals surface area contributed by atoms with Gasteiger partial charge in [-0.1, -0.05) is 29.8 Å². The maximum atomic E-state index is 11.3. The molecule has 2 aromatic heterocycles. The van der Waals surface area contributed by atoms with Crippen LogP contribution in [0.3, 0.4) is 0 Å². The summed E-state index contributed by atoms with van der Waals surface area (Å²) in [6.45, 7) is 0.554. The Balaban J connectivity index is 2.07. The van der Waals surface area contributed by atoms with Crippen LogP contribution in [0.5, 0.6) is 0 Å². The van der Waals surface area contributed by atoms with E-state index in [0.717, 1.165) is 16.5 Å². The first kappa shape index (κ1) is 12.7. The lowest BCUT2D eigenvalue weighted by Gasteiger charge is -2.07. The molecule has 3 aromatic rings. The molecule has 0 unspecified atom stereocenters. The first-order valence-corrected chi connectivity index (χ1v) is 6.44. The highest BCUT2D eigenvalue weighted by Gasteiger charge is 2.12. The van der Waals surface area contributed by atoms with Gasteiger partial charge in [0, 0.05) is 24.3 Å². The molecule has 0 saturated carbocycles. The molecule has 100 valence electrons. The average Bonchev–Trinajstić information content (AvgIpc) is 2.84. The average molecular weight is 287 g/mol. The van der Waals surface area contributed by atoms with Crippen LogP contribution in [0.15, 0.2) is 48.8 Å². The highest BCUT2D eigenvalue weighted by atomic mass is 35.5. The predicted molar refractivity (Wildman–Crippen MR) is 77.2 cm³/mol. The van der Waals surface area contributed by atoms with Gasteiger partial charge in [0.05, 0.1) is 11.1 Å². The van der Waals surface area contributed by atoms with Gasteiger partial charge in [-0.15, -0.1) is 0 Å². The van der Waals surface area contributed by atoms with Gasteiger partial charge in [0.25, 0.3) is 0 Å². The second kappa shape index (κ2) is 4.98.